The molecule has 0 radical (unpaired) electrons. The maximum atomic E-state index is 11.8. The average molecular weight is 284 g/mol. The molecule has 0 saturated carbocycles. The van der Waals surface area contributed by atoms with Crippen molar-refractivity contribution in [2.24, 2.45) is 0 Å². The van der Waals surface area contributed by atoms with E-state index in [1.54, 1.807) is 7.11 Å². The number of amides is 1. The molecule has 0 heterocycles. The Bertz CT molecular complexity index is 594. The van der Waals surface area contributed by atoms with Gasteiger partial charge < -0.3 is 15.4 Å². The maximum absolute atomic E-state index is 11.8. The van der Waals surface area contributed by atoms with Crippen LogP contribution in [0.1, 0.15) is 11.1 Å². The number of nitrogens with one attached hydrogen (secondary N) is 2. The predicted molar refractivity (Wildman–Crippen MR) is 84.5 cm³/mol. The number of hydrogen-bond acceptors (Lipinski definition) is 3. The molecule has 0 spiro atoms. The molecule has 0 unspecified atom stereocenters. The number of carbonyl (C=O) groups excluding carboxylic acids is 1. The molecule has 2 rings (SSSR count). The fourth-order valence-electron chi connectivity index (χ4n) is 1.94. The lowest BCUT2D eigenvalue weighted by Gasteiger charge is -2.08. The van der Waals surface area contributed by atoms with E-state index in [4.69, 9.17) is 4.74 Å². The maximum Gasteiger partial charge on any atom is 0.238 e. The van der Waals surface area contributed by atoms with Gasteiger partial charge in [-0.3, -0.25) is 4.79 Å². The summed E-state index contributed by atoms with van der Waals surface area (Å²) in [4.78, 5) is 11.8. The average Bonchev–Trinajstić information content (AvgIpc) is 2.50. The lowest BCUT2D eigenvalue weighted by atomic mass is 10.2. The Morgan fingerprint density at radius 2 is 1.90 bits per heavy atom. The van der Waals surface area contributed by atoms with E-state index in [0.29, 0.717) is 6.54 Å². The van der Waals surface area contributed by atoms with Crippen LogP contribution in [0.5, 0.6) is 5.75 Å². The van der Waals surface area contributed by atoms with Crippen molar-refractivity contribution in [1.29, 1.82) is 0 Å². The van der Waals surface area contributed by atoms with Crippen LogP contribution in [0.4, 0.5) is 5.69 Å². The number of anilines is 1. The minimum absolute atomic E-state index is 0.0539. The van der Waals surface area contributed by atoms with E-state index in [2.05, 4.69) is 10.6 Å². The van der Waals surface area contributed by atoms with E-state index in [1.165, 1.54) is 5.56 Å². The van der Waals surface area contributed by atoms with Crippen LogP contribution in [-0.4, -0.2) is 19.6 Å². The van der Waals surface area contributed by atoms with Gasteiger partial charge in [0.05, 0.1) is 13.7 Å². The second-order valence-electron chi connectivity index (χ2n) is 4.87. The van der Waals surface area contributed by atoms with Gasteiger partial charge in [0.25, 0.3) is 0 Å². The number of ether oxygens (including phenoxy) is 1. The minimum Gasteiger partial charge on any atom is -0.497 e. The molecule has 0 aliphatic heterocycles. The molecular formula is C17H20N2O2. The highest BCUT2D eigenvalue weighted by Crippen LogP contribution is 2.12. The van der Waals surface area contributed by atoms with Gasteiger partial charge in [0.15, 0.2) is 0 Å². The van der Waals surface area contributed by atoms with E-state index < -0.39 is 0 Å². The molecule has 0 fully saturated rings. The van der Waals surface area contributed by atoms with Gasteiger partial charge >= 0.3 is 0 Å². The van der Waals surface area contributed by atoms with Gasteiger partial charge in [0, 0.05) is 12.2 Å². The number of aryl methyl sites for hydroxylation is 1. The summed E-state index contributed by atoms with van der Waals surface area (Å²) >= 11 is 0. The summed E-state index contributed by atoms with van der Waals surface area (Å²) < 4.78 is 5.16. The highest BCUT2D eigenvalue weighted by Gasteiger charge is 2.02. The fourth-order valence-corrected chi connectivity index (χ4v) is 1.94. The van der Waals surface area contributed by atoms with Crippen molar-refractivity contribution in [2.45, 2.75) is 13.5 Å². The van der Waals surface area contributed by atoms with Gasteiger partial charge in [-0.15, -0.1) is 0 Å². The zero-order chi connectivity index (χ0) is 15.1. The summed E-state index contributed by atoms with van der Waals surface area (Å²) in [6.07, 6.45) is 0. The van der Waals surface area contributed by atoms with Crippen LogP contribution in [0.2, 0.25) is 0 Å². The number of rotatable bonds is 6. The first-order valence-electron chi connectivity index (χ1n) is 6.87. The predicted octanol–water partition coefficient (Wildman–Crippen LogP) is 2.73. The molecule has 4 nitrogen and oxygen atoms in total. The third kappa shape index (κ3) is 4.93. The molecule has 110 valence electrons. The normalized spacial score (nSPS) is 10.2. The second-order valence-corrected chi connectivity index (χ2v) is 4.87. The van der Waals surface area contributed by atoms with Crippen molar-refractivity contribution >= 4 is 11.6 Å². The molecule has 0 saturated heterocycles. The van der Waals surface area contributed by atoms with Crippen LogP contribution < -0.4 is 15.4 Å². The summed E-state index contributed by atoms with van der Waals surface area (Å²) in [5.74, 6) is 0.764. The summed E-state index contributed by atoms with van der Waals surface area (Å²) in [6.45, 7) is 2.91. The first kappa shape index (κ1) is 15.1. The molecule has 21 heavy (non-hydrogen) atoms. The summed E-state index contributed by atoms with van der Waals surface area (Å²) in [5.41, 5.74) is 3.07. The topological polar surface area (TPSA) is 50.4 Å². The highest BCUT2D eigenvalue weighted by atomic mass is 16.5. The highest BCUT2D eigenvalue weighted by molar-refractivity contribution is 5.92. The Morgan fingerprint density at radius 1 is 1.14 bits per heavy atom. The van der Waals surface area contributed by atoms with E-state index in [0.717, 1.165) is 17.0 Å². The van der Waals surface area contributed by atoms with Crippen molar-refractivity contribution in [1.82, 2.24) is 5.32 Å². The van der Waals surface area contributed by atoms with Crippen molar-refractivity contribution < 1.29 is 9.53 Å². The Balaban J connectivity index is 1.77. The van der Waals surface area contributed by atoms with Crippen LogP contribution >= 0.6 is 0 Å². The van der Waals surface area contributed by atoms with Crippen molar-refractivity contribution in [3.63, 3.8) is 0 Å². The molecule has 0 atom stereocenters. The first-order chi connectivity index (χ1) is 10.2. The number of benzene rings is 2. The summed E-state index contributed by atoms with van der Waals surface area (Å²) in [5, 5.41) is 5.97. The fraction of sp³-hybridized carbons (Fsp3) is 0.235. The number of hydrogen-bond donors (Lipinski definition) is 2. The summed E-state index contributed by atoms with van der Waals surface area (Å²) in [6, 6.07) is 15.5. The molecule has 0 aromatic heterocycles. The van der Waals surface area contributed by atoms with Gasteiger partial charge in [0.2, 0.25) is 5.91 Å². The Labute approximate surface area is 125 Å². The smallest absolute Gasteiger partial charge is 0.238 e. The lowest BCUT2D eigenvalue weighted by Crippen LogP contribution is -2.27. The Hall–Kier alpha value is -2.33. The van der Waals surface area contributed by atoms with Gasteiger partial charge in [-0.1, -0.05) is 29.8 Å². The Morgan fingerprint density at radius 3 is 2.62 bits per heavy atom. The van der Waals surface area contributed by atoms with Crippen molar-refractivity contribution in [2.75, 3.05) is 19.0 Å². The second kappa shape index (κ2) is 7.45. The number of carbonyl (C=O) groups is 1. The van der Waals surface area contributed by atoms with Crippen LogP contribution in [0.25, 0.3) is 0 Å². The number of methoxy groups -OCH3 is 1. The van der Waals surface area contributed by atoms with Crippen LogP contribution in [0.3, 0.4) is 0 Å². The SMILES string of the molecule is COc1cccc(CNCC(=O)Nc2ccc(C)cc2)c1. The molecule has 1 amide bonds. The zero-order valence-corrected chi connectivity index (χ0v) is 12.3. The zero-order valence-electron chi connectivity index (χ0n) is 12.3. The molecule has 2 aromatic carbocycles. The standard InChI is InChI=1S/C17H20N2O2/c1-13-6-8-15(9-7-13)19-17(20)12-18-11-14-4-3-5-16(10-14)21-2/h3-10,18H,11-12H2,1-2H3,(H,19,20). The molecule has 0 aliphatic rings. The van der Waals surface area contributed by atoms with Crippen LogP contribution in [-0.2, 0) is 11.3 Å². The van der Waals surface area contributed by atoms with Gasteiger partial charge in [0.1, 0.15) is 5.75 Å². The van der Waals surface area contributed by atoms with Gasteiger partial charge in [-0.2, -0.15) is 0 Å². The third-order valence-corrected chi connectivity index (χ3v) is 3.08. The van der Waals surface area contributed by atoms with Crippen molar-refractivity contribution in [3.8, 4) is 5.75 Å². The molecule has 2 N–H and O–H groups in total. The summed E-state index contributed by atoms with van der Waals surface area (Å²) in [7, 11) is 1.64. The largest absolute Gasteiger partial charge is 0.497 e. The minimum atomic E-state index is -0.0539. The lowest BCUT2D eigenvalue weighted by molar-refractivity contribution is -0.115. The quantitative estimate of drug-likeness (QED) is 0.857. The first-order valence-corrected chi connectivity index (χ1v) is 6.87. The van der Waals surface area contributed by atoms with Crippen LogP contribution in [0, 0.1) is 6.92 Å². The van der Waals surface area contributed by atoms with Crippen LogP contribution in [0.15, 0.2) is 48.5 Å². The van der Waals surface area contributed by atoms with E-state index in [9.17, 15) is 4.79 Å². The van der Waals surface area contributed by atoms with E-state index in [1.807, 2.05) is 55.5 Å². The molecule has 0 bridgehead atoms. The van der Waals surface area contributed by atoms with E-state index >= 15 is 0 Å². The van der Waals surface area contributed by atoms with Gasteiger partial charge in [-0.05, 0) is 36.8 Å². The van der Waals surface area contributed by atoms with Gasteiger partial charge in [-0.25, -0.2) is 0 Å². The third-order valence-electron chi connectivity index (χ3n) is 3.08. The molecule has 0 aliphatic carbocycles. The molecular weight excluding hydrogens is 264 g/mol. The monoisotopic (exact) mass is 284 g/mol. The Kier molecular flexibility index (Phi) is 5.35. The molecule has 4 heteroatoms. The van der Waals surface area contributed by atoms with Crippen molar-refractivity contribution in [3.05, 3.63) is 59.7 Å². The molecule has 2 aromatic rings. The van der Waals surface area contributed by atoms with E-state index in [-0.39, 0.29) is 12.5 Å².